The first-order chi connectivity index (χ1) is 20.7. The highest BCUT2D eigenvalue weighted by Gasteiger charge is 2.13. The molecule has 42 heavy (non-hydrogen) atoms. The van der Waals surface area contributed by atoms with Gasteiger partial charge in [0.1, 0.15) is 6.10 Å². The van der Waals surface area contributed by atoms with Gasteiger partial charge in [0.05, 0.1) is 13.2 Å². The molecule has 0 aliphatic rings. The summed E-state index contributed by atoms with van der Waals surface area (Å²) >= 11 is 0. The van der Waals surface area contributed by atoms with E-state index < -0.39 is 6.10 Å². The summed E-state index contributed by atoms with van der Waals surface area (Å²) in [6.45, 7) is 5.35. The lowest BCUT2D eigenvalue weighted by atomic mass is 10.1. The highest BCUT2D eigenvalue weighted by atomic mass is 16.6. The number of aliphatic hydroxyl groups excluding tert-OH is 1. The summed E-state index contributed by atoms with van der Waals surface area (Å²) in [5, 5.41) is 9.54. The zero-order chi connectivity index (χ0) is 30.6. The lowest BCUT2D eigenvalue weighted by molar-refractivity contribution is -0.154. The van der Waals surface area contributed by atoms with Gasteiger partial charge >= 0.3 is 5.97 Å². The number of unbranched alkanes of at least 4 members (excludes halogenated alkanes) is 25. The van der Waals surface area contributed by atoms with E-state index in [0.29, 0.717) is 19.6 Å². The first-order valence-electron chi connectivity index (χ1n) is 18.8. The van der Waals surface area contributed by atoms with E-state index in [4.69, 9.17) is 9.47 Å². The van der Waals surface area contributed by atoms with Gasteiger partial charge in [-0.15, -0.1) is 0 Å². The number of hydrogen-bond acceptors (Lipinski definition) is 4. The van der Waals surface area contributed by atoms with E-state index in [2.05, 4.69) is 26.0 Å². The van der Waals surface area contributed by atoms with Gasteiger partial charge in [-0.25, -0.2) is 0 Å². The lowest BCUT2D eigenvalue weighted by Gasteiger charge is -2.16. The second-order valence-electron chi connectivity index (χ2n) is 12.7. The minimum Gasteiger partial charge on any atom is -0.457 e. The van der Waals surface area contributed by atoms with Crippen molar-refractivity contribution in [3.8, 4) is 0 Å². The molecule has 250 valence electrons. The lowest BCUT2D eigenvalue weighted by Crippen LogP contribution is -2.27. The summed E-state index contributed by atoms with van der Waals surface area (Å²) in [5.74, 6) is -0.201. The van der Waals surface area contributed by atoms with Gasteiger partial charge in [0.25, 0.3) is 0 Å². The minimum atomic E-state index is -0.527. The summed E-state index contributed by atoms with van der Waals surface area (Å²) in [6.07, 6.45) is 41.1. The Morgan fingerprint density at radius 2 is 0.929 bits per heavy atom. The molecule has 1 N–H and O–H groups in total. The zero-order valence-electron chi connectivity index (χ0n) is 28.5. The molecule has 4 heteroatoms. The Balaban J connectivity index is 3.39. The Kier molecular flexibility index (Phi) is 35.6. The quantitative estimate of drug-likeness (QED) is 0.0450. The van der Waals surface area contributed by atoms with E-state index in [1.165, 1.54) is 161 Å². The molecule has 0 aromatic rings. The molecule has 0 spiro atoms. The molecular formula is C38H74O4. The highest BCUT2D eigenvalue weighted by molar-refractivity contribution is 5.69. The van der Waals surface area contributed by atoms with E-state index in [1.54, 1.807) is 0 Å². The molecule has 0 fully saturated rings. The fourth-order valence-corrected chi connectivity index (χ4v) is 5.50. The van der Waals surface area contributed by atoms with Crippen molar-refractivity contribution >= 4 is 5.97 Å². The van der Waals surface area contributed by atoms with Crippen molar-refractivity contribution in [3.05, 3.63) is 12.2 Å². The summed E-state index contributed by atoms with van der Waals surface area (Å²) in [7, 11) is 0. The van der Waals surface area contributed by atoms with Crippen LogP contribution < -0.4 is 0 Å². The number of hydrogen-bond donors (Lipinski definition) is 1. The Morgan fingerprint density at radius 3 is 1.36 bits per heavy atom. The Hall–Kier alpha value is -0.870. The van der Waals surface area contributed by atoms with Crippen molar-refractivity contribution in [1.82, 2.24) is 0 Å². The predicted octanol–water partition coefficient (Wildman–Crippen LogP) is 11.8. The standard InChI is InChI=1S/C38H74O4/c1-3-5-7-9-11-13-15-16-17-18-19-20-21-22-24-26-28-30-32-34-41-36-37(35-39)42-38(40)33-31-29-27-25-23-14-12-10-8-6-4-2/h17-18,37,39H,3-16,19-36H2,1-2H3/b18-17-. The summed E-state index contributed by atoms with van der Waals surface area (Å²) in [4.78, 5) is 12.1. The normalized spacial score (nSPS) is 12.4. The summed E-state index contributed by atoms with van der Waals surface area (Å²) in [6, 6.07) is 0. The highest BCUT2D eigenvalue weighted by Crippen LogP contribution is 2.14. The maximum atomic E-state index is 12.1. The van der Waals surface area contributed by atoms with Crippen molar-refractivity contribution in [2.24, 2.45) is 0 Å². The second kappa shape index (κ2) is 36.3. The Morgan fingerprint density at radius 1 is 0.548 bits per heavy atom. The fourth-order valence-electron chi connectivity index (χ4n) is 5.50. The number of allylic oxidation sites excluding steroid dienone is 2. The van der Waals surface area contributed by atoms with Crippen molar-refractivity contribution in [3.63, 3.8) is 0 Å². The third kappa shape index (κ3) is 33.6. The van der Waals surface area contributed by atoms with Gasteiger partial charge in [-0.05, 0) is 38.5 Å². The topological polar surface area (TPSA) is 55.8 Å². The number of aliphatic hydroxyl groups is 1. The molecule has 0 aromatic carbocycles. The van der Waals surface area contributed by atoms with Gasteiger partial charge in [0, 0.05) is 13.0 Å². The molecule has 0 bridgehead atoms. The number of carbonyl (C=O) groups is 1. The van der Waals surface area contributed by atoms with Crippen molar-refractivity contribution in [2.75, 3.05) is 19.8 Å². The fraction of sp³-hybridized carbons (Fsp3) is 0.921. The van der Waals surface area contributed by atoms with Crippen LogP contribution in [0.5, 0.6) is 0 Å². The van der Waals surface area contributed by atoms with Crippen LogP contribution in [-0.2, 0) is 14.3 Å². The molecular weight excluding hydrogens is 520 g/mol. The molecule has 4 nitrogen and oxygen atoms in total. The van der Waals surface area contributed by atoms with E-state index in [0.717, 1.165) is 19.3 Å². The molecule has 0 aliphatic heterocycles. The molecule has 0 heterocycles. The number of carbonyl (C=O) groups excluding carboxylic acids is 1. The SMILES string of the molecule is CCCCCCCCC/C=C\CCCCCCCCCCOCC(CO)OC(=O)CCCCCCCCCCCCC. The molecule has 0 radical (unpaired) electrons. The van der Waals surface area contributed by atoms with Gasteiger partial charge in [-0.1, -0.05) is 167 Å². The molecule has 1 unspecified atom stereocenters. The third-order valence-electron chi connectivity index (χ3n) is 8.34. The van der Waals surface area contributed by atoms with Gasteiger partial charge in [0.15, 0.2) is 0 Å². The summed E-state index contributed by atoms with van der Waals surface area (Å²) in [5.41, 5.74) is 0. The van der Waals surface area contributed by atoms with Crippen molar-refractivity contribution in [2.45, 2.75) is 206 Å². The average Bonchev–Trinajstić information content (AvgIpc) is 3.00. The van der Waals surface area contributed by atoms with Crippen LogP contribution in [-0.4, -0.2) is 37.0 Å². The maximum absolute atomic E-state index is 12.1. The van der Waals surface area contributed by atoms with Crippen LogP contribution in [0.3, 0.4) is 0 Å². The first kappa shape index (κ1) is 41.1. The molecule has 0 saturated carbocycles. The van der Waals surface area contributed by atoms with Crippen LogP contribution in [0.4, 0.5) is 0 Å². The van der Waals surface area contributed by atoms with Gasteiger partial charge in [-0.3, -0.25) is 4.79 Å². The number of rotatable bonds is 35. The molecule has 0 rings (SSSR count). The largest absolute Gasteiger partial charge is 0.457 e. The molecule has 0 amide bonds. The van der Waals surface area contributed by atoms with Crippen LogP contribution in [0.1, 0.15) is 200 Å². The van der Waals surface area contributed by atoms with E-state index in [1.807, 2.05) is 0 Å². The van der Waals surface area contributed by atoms with Crippen LogP contribution in [0, 0.1) is 0 Å². The Bertz CT molecular complexity index is 547. The maximum Gasteiger partial charge on any atom is 0.306 e. The van der Waals surface area contributed by atoms with Crippen LogP contribution in [0.15, 0.2) is 12.2 Å². The second-order valence-corrected chi connectivity index (χ2v) is 12.7. The third-order valence-corrected chi connectivity index (χ3v) is 8.34. The van der Waals surface area contributed by atoms with Gasteiger partial charge in [-0.2, -0.15) is 0 Å². The van der Waals surface area contributed by atoms with Gasteiger partial charge in [0.2, 0.25) is 0 Å². The predicted molar refractivity (Wildman–Crippen MR) is 182 cm³/mol. The van der Waals surface area contributed by atoms with E-state index in [9.17, 15) is 9.90 Å². The van der Waals surface area contributed by atoms with E-state index in [-0.39, 0.29) is 12.6 Å². The van der Waals surface area contributed by atoms with Crippen LogP contribution in [0.25, 0.3) is 0 Å². The molecule has 1 atom stereocenters. The smallest absolute Gasteiger partial charge is 0.306 e. The molecule has 0 aromatic heterocycles. The zero-order valence-corrected chi connectivity index (χ0v) is 28.5. The minimum absolute atomic E-state index is 0.168. The van der Waals surface area contributed by atoms with Crippen LogP contribution >= 0.6 is 0 Å². The molecule has 0 saturated heterocycles. The van der Waals surface area contributed by atoms with Crippen LogP contribution in [0.2, 0.25) is 0 Å². The van der Waals surface area contributed by atoms with Gasteiger partial charge < -0.3 is 14.6 Å². The summed E-state index contributed by atoms with van der Waals surface area (Å²) < 4.78 is 11.1. The van der Waals surface area contributed by atoms with Crippen molar-refractivity contribution < 1.29 is 19.4 Å². The Labute approximate surface area is 263 Å². The van der Waals surface area contributed by atoms with Crippen molar-refractivity contribution in [1.29, 1.82) is 0 Å². The number of ether oxygens (including phenoxy) is 2. The average molecular weight is 595 g/mol. The molecule has 0 aliphatic carbocycles. The monoisotopic (exact) mass is 595 g/mol. The first-order valence-corrected chi connectivity index (χ1v) is 18.8. The van der Waals surface area contributed by atoms with E-state index >= 15 is 0 Å². The number of esters is 1.